The summed E-state index contributed by atoms with van der Waals surface area (Å²) in [4.78, 5) is 17.9. The molecule has 0 radical (unpaired) electrons. The Labute approximate surface area is 240 Å². The van der Waals surface area contributed by atoms with Gasteiger partial charge in [-0.25, -0.2) is 13.2 Å². The number of aromatic nitrogens is 3. The molecule has 4 saturated heterocycles. The highest BCUT2D eigenvalue weighted by molar-refractivity contribution is 6.00. The second-order valence-corrected chi connectivity index (χ2v) is 12.1. The minimum Gasteiger partial charge on any atom is -0.508 e. The molecule has 0 saturated carbocycles. The minimum atomic E-state index is -0.908. The van der Waals surface area contributed by atoms with Crippen LogP contribution in [0.2, 0.25) is 0 Å². The van der Waals surface area contributed by atoms with E-state index in [-0.39, 0.29) is 52.7 Å². The molecule has 11 heteroatoms. The van der Waals surface area contributed by atoms with E-state index in [1.807, 2.05) is 0 Å². The molecule has 2 bridgehead atoms. The number of phenols is 1. The van der Waals surface area contributed by atoms with Gasteiger partial charge in [0.05, 0.1) is 23.1 Å². The smallest absolute Gasteiger partial charge is 0.319 e. The number of rotatable bonds is 5. The number of hydrogen-bond acceptors (Lipinski definition) is 8. The van der Waals surface area contributed by atoms with Crippen LogP contribution in [0.1, 0.15) is 32.1 Å². The van der Waals surface area contributed by atoms with Crippen LogP contribution in [0.5, 0.6) is 11.8 Å². The van der Waals surface area contributed by atoms with Gasteiger partial charge in [0.15, 0.2) is 5.82 Å². The Bertz CT molecular complexity index is 1710. The third-order valence-corrected chi connectivity index (χ3v) is 9.38. The van der Waals surface area contributed by atoms with Crippen LogP contribution in [0.15, 0.2) is 36.5 Å². The number of morpholine rings is 1. The van der Waals surface area contributed by atoms with Crippen LogP contribution >= 0.6 is 0 Å². The topological polar surface area (TPSA) is 83.8 Å². The number of alkyl halides is 1. The minimum absolute atomic E-state index is 0.00266. The standard InChI is InChI=1S/C31H30F3N5O3/c32-18-11-31(7-2-8-39(31)13-18)16-41-30-36-28-23(29(37-30)38-14-20-5-6-21(15-38)42-20)12-35-27(26(28)34)22-10-19(40)9-17-3-1-4-24(33)25(17)22/h1,3-4,9-10,12,18,20-21,40H,2,5-8,11,13-16H2/t18-,20?,21?,31+/m1/s1. The zero-order valence-corrected chi connectivity index (χ0v) is 22.9. The first-order chi connectivity index (χ1) is 20.4. The molecule has 0 spiro atoms. The van der Waals surface area contributed by atoms with E-state index in [9.17, 15) is 9.50 Å². The van der Waals surface area contributed by atoms with Gasteiger partial charge in [-0.2, -0.15) is 9.97 Å². The first-order valence-electron chi connectivity index (χ1n) is 14.6. The molecule has 2 aromatic carbocycles. The molecule has 4 fully saturated rings. The summed E-state index contributed by atoms with van der Waals surface area (Å²) in [5, 5.41) is 11.4. The summed E-state index contributed by atoms with van der Waals surface area (Å²) < 4.78 is 58.1. The Balaban J connectivity index is 1.26. The first kappa shape index (κ1) is 26.0. The molecule has 0 aliphatic carbocycles. The van der Waals surface area contributed by atoms with Crippen molar-refractivity contribution in [1.29, 1.82) is 0 Å². The summed E-state index contributed by atoms with van der Waals surface area (Å²) in [7, 11) is 0. The molecule has 218 valence electrons. The molecule has 2 unspecified atom stereocenters. The number of hydrogen-bond donors (Lipinski definition) is 1. The molecule has 8 rings (SSSR count). The van der Waals surface area contributed by atoms with Gasteiger partial charge >= 0.3 is 6.01 Å². The Kier molecular flexibility index (Phi) is 5.98. The molecule has 0 amide bonds. The van der Waals surface area contributed by atoms with E-state index < -0.39 is 23.3 Å². The van der Waals surface area contributed by atoms with Crippen molar-refractivity contribution in [2.24, 2.45) is 0 Å². The molecule has 6 heterocycles. The number of benzene rings is 2. The lowest BCUT2D eigenvalue weighted by atomic mass is 9.95. The summed E-state index contributed by atoms with van der Waals surface area (Å²) in [5.74, 6) is -0.958. The molecular formula is C31H30F3N5O3. The van der Waals surface area contributed by atoms with E-state index in [0.29, 0.717) is 42.6 Å². The van der Waals surface area contributed by atoms with Gasteiger partial charge in [0.25, 0.3) is 0 Å². The normalized spacial score (nSPS) is 27.3. The van der Waals surface area contributed by atoms with E-state index in [1.165, 1.54) is 30.5 Å². The highest BCUT2D eigenvalue weighted by atomic mass is 19.1. The fourth-order valence-corrected chi connectivity index (χ4v) is 7.50. The summed E-state index contributed by atoms with van der Waals surface area (Å²) >= 11 is 0. The first-order valence-corrected chi connectivity index (χ1v) is 14.6. The van der Waals surface area contributed by atoms with Crippen molar-refractivity contribution in [3.8, 4) is 23.0 Å². The highest BCUT2D eigenvalue weighted by Gasteiger charge is 2.49. The predicted molar refractivity (Wildman–Crippen MR) is 151 cm³/mol. The van der Waals surface area contributed by atoms with E-state index in [2.05, 4.69) is 19.8 Å². The van der Waals surface area contributed by atoms with Crippen molar-refractivity contribution in [3.63, 3.8) is 0 Å². The maximum absolute atomic E-state index is 16.5. The zero-order valence-electron chi connectivity index (χ0n) is 22.9. The van der Waals surface area contributed by atoms with Crippen molar-refractivity contribution < 1.29 is 27.8 Å². The Morgan fingerprint density at radius 1 is 1.10 bits per heavy atom. The van der Waals surface area contributed by atoms with Crippen LogP contribution < -0.4 is 9.64 Å². The van der Waals surface area contributed by atoms with Crippen molar-refractivity contribution in [2.45, 2.75) is 56.0 Å². The van der Waals surface area contributed by atoms with Gasteiger partial charge in [-0.1, -0.05) is 12.1 Å². The fraction of sp³-hybridized carbons (Fsp3) is 0.452. The van der Waals surface area contributed by atoms with Crippen LogP contribution in [0.25, 0.3) is 32.9 Å². The average molecular weight is 578 g/mol. The van der Waals surface area contributed by atoms with Crippen molar-refractivity contribution in [2.75, 3.05) is 37.7 Å². The summed E-state index contributed by atoms with van der Waals surface area (Å²) in [6, 6.07) is 7.21. The van der Waals surface area contributed by atoms with Crippen molar-refractivity contribution >= 4 is 27.5 Å². The second kappa shape index (κ2) is 9.67. The van der Waals surface area contributed by atoms with Gasteiger partial charge in [0.2, 0.25) is 0 Å². The van der Waals surface area contributed by atoms with Gasteiger partial charge in [-0.05, 0) is 55.8 Å². The van der Waals surface area contributed by atoms with E-state index >= 15 is 8.78 Å². The zero-order chi connectivity index (χ0) is 28.6. The third kappa shape index (κ3) is 4.16. The van der Waals surface area contributed by atoms with Gasteiger partial charge in [0.1, 0.15) is 41.4 Å². The van der Waals surface area contributed by atoms with Gasteiger partial charge in [-0.15, -0.1) is 0 Å². The molecule has 1 N–H and O–H groups in total. The van der Waals surface area contributed by atoms with E-state index in [4.69, 9.17) is 14.5 Å². The predicted octanol–water partition coefficient (Wildman–Crippen LogP) is 5.15. The summed E-state index contributed by atoms with van der Waals surface area (Å²) in [5.41, 5.74) is -0.448. The molecule has 4 aromatic rings. The molecule has 4 aliphatic heterocycles. The molecule has 42 heavy (non-hydrogen) atoms. The lowest BCUT2D eigenvalue weighted by Gasteiger charge is -2.34. The molecule has 4 aliphatic rings. The maximum atomic E-state index is 16.5. The van der Waals surface area contributed by atoms with Crippen molar-refractivity contribution in [3.05, 3.63) is 48.2 Å². The highest BCUT2D eigenvalue weighted by Crippen LogP contribution is 2.42. The Hall–Kier alpha value is -3.70. The average Bonchev–Trinajstić information content (AvgIpc) is 3.61. The Morgan fingerprint density at radius 3 is 2.76 bits per heavy atom. The number of phenolic OH excluding ortho intramolecular Hbond substituents is 1. The van der Waals surface area contributed by atoms with E-state index in [1.54, 1.807) is 6.07 Å². The van der Waals surface area contributed by atoms with Crippen molar-refractivity contribution in [1.82, 2.24) is 19.9 Å². The van der Waals surface area contributed by atoms with Crippen LogP contribution in [0, 0.1) is 11.6 Å². The van der Waals surface area contributed by atoms with E-state index in [0.717, 1.165) is 32.2 Å². The van der Waals surface area contributed by atoms with Gasteiger partial charge < -0.3 is 19.5 Å². The molecule has 4 atom stereocenters. The van der Waals surface area contributed by atoms with Crippen LogP contribution in [-0.2, 0) is 4.74 Å². The lowest BCUT2D eigenvalue weighted by Crippen LogP contribution is -2.44. The van der Waals surface area contributed by atoms with Crippen LogP contribution in [0.4, 0.5) is 19.0 Å². The Morgan fingerprint density at radius 2 is 1.93 bits per heavy atom. The van der Waals surface area contributed by atoms with Gasteiger partial charge in [-0.3, -0.25) is 9.88 Å². The second-order valence-electron chi connectivity index (χ2n) is 12.1. The molecule has 8 nitrogen and oxygen atoms in total. The largest absolute Gasteiger partial charge is 0.508 e. The number of pyridine rings is 1. The number of nitrogens with zero attached hydrogens (tertiary/aromatic N) is 5. The molecule has 2 aromatic heterocycles. The summed E-state index contributed by atoms with van der Waals surface area (Å²) in [6.07, 6.45) is 4.78. The number of anilines is 1. The quantitative estimate of drug-likeness (QED) is 0.349. The number of ether oxygens (including phenoxy) is 2. The third-order valence-electron chi connectivity index (χ3n) is 9.38. The van der Waals surface area contributed by atoms with Gasteiger partial charge in [0, 0.05) is 43.2 Å². The number of halogens is 3. The number of aromatic hydroxyl groups is 1. The monoisotopic (exact) mass is 577 g/mol. The molecular weight excluding hydrogens is 547 g/mol. The SMILES string of the molecule is Oc1cc(-c2ncc3c(N4CC5CCC(C4)O5)nc(OC[C@@]45CCCN4C[C@H](F)C5)nc3c2F)c2c(F)cccc2c1. The summed E-state index contributed by atoms with van der Waals surface area (Å²) in [6.45, 7) is 2.60. The maximum Gasteiger partial charge on any atom is 0.319 e. The fourth-order valence-electron chi connectivity index (χ4n) is 7.50. The van der Waals surface area contributed by atoms with Crippen LogP contribution in [-0.4, -0.2) is 81.7 Å². The lowest BCUT2D eigenvalue weighted by molar-refractivity contribution is 0.0302. The van der Waals surface area contributed by atoms with Crippen LogP contribution in [0.3, 0.4) is 0 Å². The number of fused-ring (bicyclic) bond motifs is 5.